The molecule has 1 aromatic carbocycles. The van der Waals surface area contributed by atoms with Crippen LogP contribution in [-0.2, 0) is 6.42 Å². The van der Waals surface area contributed by atoms with Gasteiger partial charge < -0.3 is 0 Å². The fraction of sp³-hybridized carbons (Fsp3) is 0.364. The molecule has 0 fully saturated rings. The summed E-state index contributed by atoms with van der Waals surface area (Å²) in [4.78, 5) is 0. The minimum Gasteiger partial charge on any atom is -0.198 e. The van der Waals surface area contributed by atoms with Gasteiger partial charge in [-0.1, -0.05) is 23.8 Å². The fourth-order valence-corrected chi connectivity index (χ4v) is 1.32. The largest absolute Gasteiger partial charge is 0.198 e. The predicted molar refractivity (Wildman–Crippen MR) is 49.9 cm³/mol. The summed E-state index contributed by atoms with van der Waals surface area (Å²) in [6, 6.07) is 8.53. The van der Waals surface area contributed by atoms with Gasteiger partial charge in [0.05, 0.1) is 6.07 Å². The quantitative estimate of drug-likeness (QED) is 0.651. The molecule has 0 atom stereocenters. The van der Waals surface area contributed by atoms with Gasteiger partial charge >= 0.3 is 0 Å². The van der Waals surface area contributed by atoms with E-state index < -0.39 is 0 Å². The maximum Gasteiger partial charge on any atom is 0.0625 e. The van der Waals surface area contributed by atoms with Crippen molar-refractivity contribution in [3.8, 4) is 6.07 Å². The maximum absolute atomic E-state index is 8.42. The van der Waals surface area contributed by atoms with Crippen molar-refractivity contribution in [1.82, 2.24) is 0 Å². The van der Waals surface area contributed by atoms with Crippen LogP contribution in [0.4, 0.5) is 0 Å². The average Bonchev–Trinajstić information content (AvgIpc) is 2.03. The average molecular weight is 159 g/mol. The van der Waals surface area contributed by atoms with Gasteiger partial charge in [0.25, 0.3) is 0 Å². The van der Waals surface area contributed by atoms with Crippen molar-refractivity contribution in [1.29, 1.82) is 5.26 Å². The number of hydrogen-bond acceptors (Lipinski definition) is 1. The van der Waals surface area contributed by atoms with E-state index in [1.807, 2.05) is 0 Å². The lowest BCUT2D eigenvalue weighted by atomic mass is 10.0. The molecule has 1 heteroatoms. The standard InChI is InChI=1S/C11H13N/c1-9-5-6-11(4-3-7-12)10(2)8-9/h5-6,8H,3-4H2,1-2H3. The summed E-state index contributed by atoms with van der Waals surface area (Å²) >= 11 is 0. The van der Waals surface area contributed by atoms with E-state index in [1.54, 1.807) is 0 Å². The maximum atomic E-state index is 8.42. The van der Waals surface area contributed by atoms with Gasteiger partial charge in [-0.15, -0.1) is 0 Å². The molecule has 0 aliphatic heterocycles. The Hall–Kier alpha value is -1.29. The van der Waals surface area contributed by atoms with Crippen LogP contribution in [-0.4, -0.2) is 0 Å². The van der Waals surface area contributed by atoms with Crippen LogP contribution in [0.2, 0.25) is 0 Å². The zero-order valence-electron chi connectivity index (χ0n) is 7.59. The summed E-state index contributed by atoms with van der Waals surface area (Å²) in [5.41, 5.74) is 3.88. The first-order chi connectivity index (χ1) is 5.74. The van der Waals surface area contributed by atoms with Crippen LogP contribution in [0.15, 0.2) is 18.2 Å². The molecule has 0 bridgehead atoms. The lowest BCUT2D eigenvalue weighted by Crippen LogP contribution is -1.89. The summed E-state index contributed by atoms with van der Waals surface area (Å²) in [6.45, 7) is 4.18. The molecule has 0 aliphatic carbocycles. The van der Waals surface area contributed by atoms with Crippen LogP contribution >= 0.6 is 0 Å². The Morgan fingerprint density at radius 1 is 1.33 bits per heavy atom. The minimum atomic E-state index is 0.615. The Morgan fingerprint density at radius 3 is 2.67 bits per heavy atom. The minimum absolute atomic E-state index is 0.615. The van der Waals surface area contributed by atoms with Crippen LogP contribution in [0.3, 0.4) is 0 Å². The van der Waals surface area contributed by atoms with Crippen LogP contribution in [0.25, 0.3) is 0 Å². The van der Waals surface area contributed by atoms with E-state index in [9.17, 15) is 0 Å². The van der Waals surface area contributed by atoms with E-state index in [0.717, 1.165) is 6.42 Å². The van der Waals surface area contributed by atoms with E-state index in [-0.39, 0.29) is 0 Å². The molecule has 0 saturated heterocycles. The lowest BCUT2D eigenvalue weighted by Gasteiger charge is -2.03. The molecule has 1 aromatic rings. The van der Waals surface area contributed by atoms with Crippen LogP contribution < -0.4 is 0 Å². The Kier molecular flexibility index (Phi) is 2.88. The summed E-state index contributed by atoms with van der Waals surface area (Å²) < 4.78 is 0. The highest BCUT2D eigenvalue weighted by atomic mass is 14.2. The molecule has 0 unspecified atom stereocenters. The number of aryl methyl sites for hydroxylation is 3. The van der Waals surface area contributed by atoms with Crippen LogP contribution in [0.5, 0.6) is 0 Å². The fourth-order valence-electron chi connectivity index (χ4n) is 1.32. The van der Waals surface area contributed by atoms with Crippen molar-refractivity contribution in [3.05, 3.63) is 34.9 Å². The van der Waals surface area contributed by atoms with Gasteiger partial charge in [0, 0.05) is 6.42 Å². The SMILES string of the molecule is Cc1ccc(CCC#N)c(C)c1. The van der Waals surface area contributed by atoms with E-state index in [4.69, 9.17) is 5.26 Å². The van der Waals surface area contributed by atoms with E-state index >= 15 is 0 Å². The third kappa shape index (κ3) is 2.10. The molecule has 62 valence electrons. The highest BCUT2D eigenvalue weighted by Gasteiger charge is 1.96. The van der Waals surface area contributed by atoms with Crippen LogP contribution in [0.1, 0.15) is 23.1 Å². The zero-order valence-corrected chi connectivity index (χ0v) is 7.59. The van der Waals surface area contributed by atoms with Crippen LogP contribution in [0, 0.1) is 25.2 Å². The Balaban J connectivity index is 2.81. The first kappa shape index (κ1) is 8.80. The Morgan fingerprint density at radius 2 is 2.08 bits per heavy atom. The molecule has 0 radical (unpaired) electrons. The van der Waals surface area contributed by atoms with Gasteiger partial charge in [-0.05, 0) is 31.4 Å². The molecule has 0 N–H and O–H groups in total. The highest BCUT2D eigenvalue weighted by Crippen LogP contribution is 2.11. The molecule has 1 rings (SSSR count). The zero-order chi connectivity index (χ0) is 8.97. The van der Waals surface area contributed by atoms with Crippen molar-refractivity contribution in [2.45, 2.75) is 26.7 Å². The summed E-state index contributed by atoms with van der Waals surface area (Å²) in [6.07, 6.45) is 1.49. The van der Waals surface area contributed by atoms with Crippen molar-refractivity contribution in [3.63, 3.8) is 0 Å². The van der Waals surface area contributed by atoms with Crippen molar-refractivity contribution < 1.29 is 0 Å². The third-order valence-electron chi connectivity index (χ3n) is 2.00. The Labute approximate surface area is 73.6 Å². The normalized spacial score (nSPS) is 9.42. The summed E-state index contributed by atoms with van der Waals surface area (Å²) in [7, 11) is 0. The smallest absolute Gasteiger partial charge is 0.0625 e. The second-order valence-corrected chi connectivity index (χ2v) is 3.09. The topological polar surface area (TPSA) is 23.8 Å². The first-order valence-corrected chi connectivity index (χ1v) is 4.17. The number of benzene rings is 1. The first-order valence-electron chi connectivity index (χ1n) is 4.17. The molecule has 0 spiro atoms. The van der Waals surface area contributed by atoms with Gasteiger partial charge in [-0.2, -0.15) is 5.26 Å². The second kappa shape index (κ2) is 3.92. The van der Waals surface area contributed by atoms with Gasteiger partial charge in [-0.25, -0.2) is 0 Å². The van der Waals surface area contributed by atoms with E-state index in [0.29, 0.717) is 6.42 Å². The molecule has 1 nitrogen and oxygen atoms in total. The molecule has 0 amide bonds. The monoisotopic (exact) mass is 159 g/mol. The van der Waals surface area contributed by atoms with Gasteiger partial charge in [0.1, 0.15) is 0 Å². The number of nitriles is 1. The van der Waals surface area contributed by atoms with Gasteiger partial charge in [0.15, 0.2) is 0 Å². The van der Waals surface area contributed by atoms with Crippen molar-refractivity contribution in [2.24, 2.45) is 0 Å². The van der Waals surface area contributed by atoms with Crippen molar-refractivity contribution >= 4 is 0 Å². The van der Waals surface area contributed by atoms with E-state index in [2.05, 4.69) is 38.1 Å². The highest BCUT2D eigenvalue weighted by molar-refractivity contribution is 5.30. The molecule has 0 aromatic heterocycles. The Bertz CT molecular complexity index is 307. The third-order valence-corrected chi connectivity index (χ3v) is 2.00. The van der Waals surface area contributed by atoms with E-state index in [1.165, 1.54) is 16.7 Å². The van der Waals surface area contributed by atoms with Gasteiger partial charge in [0.2, 0.25) is 0 Å². The number of hydrogen-bond donors (Lipinski definition) is 0. The summed E-state index contributed by atoms with van der Waals surface area (Å²) in [5, 5.41) is 8.42. The molecule has 12 heavy (non-hydrogen) atoms. The number of rotatable bonds is 2. The molecule has 0 saturated carbocycles. The lowest BCUT2D eigenvalue weighted by molar-refractivity contribution is 0.994. The van der Waals surface area contributed by atoms with Crippen molar-refractivity contribution in [2.75, 3.05) is 0 Å². The second-order valence-electron chi connectivity index (χ2n) is 3.09. The summed E-state index contributed by atoms with van der Waals surface area (Å²) in [5.74, 6) is 0. The van der Waals surface area contributed by atoms with Gasteiger partial charge in [-0.3, -0.25) is 0 Å². The molecule has 0 aliphatic rings. The molecule has 0 heterocycles. The predicted octanol–water partition coefficient (Wildman–Crippen LogP) is 2.76. The molecular formula is C11H13N. The molecular weight excluding hydrogens is 146 g/mol. The number of nitrogens with zero attached hydrogens (tertiary/aromatic N) is 1.